The van der Waals surface area contributed by atoms with Crippen molar-refractivity contribution in [1.82, 2.24) is 4.90 Å². The van der Waals surface area contributed by atoms with Crippen molar-refractivity contribution in [3.63, 3.8) is 0 Å². The smallest absolute Gasteiger partial charge is 0.192 e. The van der Waals surface area contributed by atoms with Crippen LogP contribution < -0.4 is 5.73 Å². The van der Waals surface area contributed by atoms with Gasteiger partial charge in [-0.25, -0.2) is 0 Å². The van der Waals surface area contributed by atoms with E-state index in [2.05, 4.69) is 68.8 Å². The van der Waals surface area contributed by atoms with Crippen LogP contribution in [-0.2, 0) is 5.54 Å². The largest absolute Gasteiger partial charge is 0.370 e. The number of hydrogen-bond donors (Lipinski definition) is 1. The standard InChI is InChI=1S/C16H25N3/c1-11(2)13-6-8-14(9-7-13)16(5)10-18-15(17)19(16)12(3)4/h6-9,11-12H,10H2,1-5H3,(H2,17,18). The topological polar surface area (TPSA) is 41.6 Å². The van der Waals surface area contributed by atoms with E-state index in [-0.39, 0.29) is 5.54 Å². The molecule has 0 spiro atoms. The maximum Gasteiger partial charge on any atom is 0.192 e. The van der Waals surface area contributed by atoms with Crippen LogP contribution in [0.3, 0.4) is 0 Å². The van der Waals surface area contributed by atoms with Crippen molar-refractivity contribution in [2.45, 2.75) is 52.1 Å². The van der Waals surface area contributed by atoms with Gasteiger partial charge in [-0.3, -0.25) is 4.99 Å². The molecule has 1 aliphatic rings. The highest BCUT2D eigenvalue weighted by Gasteiger charge is 2.40. The Kier molecular flexibility index (Phi) is 3.57. The van der Waals surface area contributed by atoms with E-state index in [1.807, 2.05) is 0 Å². The lowest BCUT2D eigenvalue weighted by Crippen LogP contribution is -2.51. The van der Waals surface area contributed by atoms with Crippen molar-refractivity contribution >= 4 is 5.96 Å². The molecule has 19 heavy (non-hydrogen) atoms. The molecule has 0 bridgehead atoms. The SMILES string of the molecule is CC(C)c1ccc(C2(C)CN=C(N)N2C(C)C)cc1. The molecule has 1 heterocycles. The molecule has 0 saturated heterocycles. The fraction of sp³-hybridized carbons (Fsp3) is 0.562. The van der Waals surface area contributed by atoms with Gasteiger partial charge in [-0.15, -0.1) is 0 Å². The van der Waals surface area contributed by atoms with Gasteiger partial charge in [0.1, 0.15) is 0 Å². The fourth-order valence-electron chi connectivity index (χ4n) is 2.93. The molecule has 1 aromatic rings. The first-order chi connectivity index (χ1) is 8.86. The van der Waals surface area contributed by atoms with Gasteiger partial charge in [0.25, 0.3) is 0 Å². The van der Waals surface area contributed by atoms with Gasteiger partial charge >= 0.3 is 0 Å². The van der Waals surface area contributed by atoms with Crippen LogP contribution in [0.5, 0.6) is 0 Å². The Balaban J connectivity index is 2.35. The van der Waals surface area contributed by atoms with Crippen LogP contribution >= 0.6 is 0 Å². The van der Waals surface area contributed by atoms with Gasteiger partial charge < -0.3 is 10.6 Å². The Labute approximate surface area is 116 Å². The van der Waals surface area contributed by atoms with E-state index in [1.165, 1.54) is 11.1 Å². The summed E-state index contributed by atoms with van der Waals surface area (Å²) < 4.78 is 0. The molecule has 0 aromatic heterocycles. The molecule has 0 amide bonds. The van der Waals surface area contributed by atoms with Crippen molar-refractivity contribution in [2.24, 2.45) is 10.7 Å². The Bertz CT molecular complexity index is 473. The summed E-state index contributed by atoms with van der Waals surface area (Å²) in [6.07, 6.45) is 0. The lowest BCUT2D eigenvalue weighted by molar-refractivity contribution is 0.185. The quantitative estimate of drug-likeness (QED) is 0.906. The van der Waals surface area contributed by atoms with Crippen molar-refractivity contribution < 1.29 is 0 Å². The van der Waals surface area contributed by atoms with Gasteiger partial charge in [0.05, 0.1) is 12.1 Å². The summed E-state index contributed by atoms with van der Waals surface area (Å²) in [7, 11) is 0. The van der Waals surface area contributed by atoms with Crippen molar-refractivity contribution in [2.75, 3.05) is 6.54 Å². The average molecular weight is 259 g/mol. The molecule has 1 aliphatic heterocycles. The van der Waals surface area contributed by atoms with Crippen LogP contribution in [0.1, 0.15) is 51.7 Å². The second-order valence-corrected chi connectivity index (χ2v) is 6.19. The van der Waals surface area contributed by atoms with E-state index in [1.54, 1.807) is 0 Å². The summed E-state index contributed by atoms with van der Waals surface area (Å²) in [4.78, 5) is 6.67. The monoisotopic (exact) mass is 259 g/mol. The first-order valence-electron chi connectivity index (χ1n) is 7.06. The zero-order valence-electron chi connectivity index (χ0n) is 12.6. The number of nitrogens with zero attached hydrogens (tertiary/aromatic N) is 2. The third-order valence-electron chi connectivity index (χ3n) is 4.04. The number of aliphatic imine (C=N–C) groups is 1. The Morgan fingerprint density at radius 1 is 1.16 bits per heavy atom. The number of nitrogens with two attached hydrogens (primary N) is 1. The summed E-state index contributed by atoms with van der Waals surface area (Å²) in [6.45, 7) is 11.7. The molecule has 3 heteroatoms. The molecule has 0 saturated carbocycles. The molecular formula is C16H25N3. The zero-order chi connectivity index (χ0) is 14.2. The molecule has 1 unspecified atom stereocenters. The summed E-state index contributed by atoms with van der Waals surface area (Å²) in [5.74, 6) is 1.22. The van der Waals surface area contributed by atoms with Gasteiger partial charge in [0, 0.05) is 6.04 Å². The zero-order valence-corrected chi connectivity index (χ0v) is 12.6. The van der Waals surface area contributed by atoms with Crippen LogP contribution in [0, 0.1) is 0 Å². The van der Waals surface area contributed by atoms with Crippen LogP contribution in [0.25, 0.3) is 0 Å². The van der Waals surface area contributed by atoms with E-state index in [0.29, 0.717) is 17.9 Å². The molecule has 104 valence electrons. The van der Waals surface area contributed by atoms with Crippen molar-refractivity contribution in [3.05, 3.63) is 35.4 Å². The third kappa shape index (κ3) is 2.34. The predicted molar refractivity (Wildman–Crippen MR) is 81.3 cm³/mol. The molecule has 1 aromatic carbocycles. The number of hydrogen-bond acceptors (Lipinski definition) is 3. The van der Waals surface area contributed by atoms with E-state index < -0.39 is 0 Å². The highest BCUT2D eigenvalue weighted by Crippen LogP contribution is 2.34. The first kappa shape index (κ1) is 13.9. The average Bonchev–Trinajstić information content (AvgIpc) is 2.66. The Morgan fingerprint density at radius 2 is 1.74 bits per heavy atom. The molecule has 1 atom stereocenters. The molecule has 0 fully saturated rings. The van der Waals surface area contributed by atoms with Gasteiger partial charge in [-0.2, -0.15) is 0 Å². The number of guanidine groups is 1. The molecule has 3 nitrogen and oxygen atoms in total. The van der Waals surface area contributed by atoms with Gasteiger partial charge in [-0.05, 0) is 37.8 Å². The van der Waals surface area contributed by atoms with Gasteiger partial charge in [-0.1, -0.05) is 38.1 Å². The summed E-state index contributed by atoms with van der Waals surface area (Å²) in [5, 5.41) is 0. The number of benzene rings is 1. The van der Waals surface area contributed by atoms with E-state index in [0.717, 1.165) is 6.54 Å². The van der Waals surface area contributed by atoms with E-state index in [9.17, 15) is 0 Å². The molecule has 0 radical (unpaired) electrons. The molecule has 2 N–H and O–H groups in total. The van der Waals surface area contributed by atoms with Crippen molar-refractivity contribution in [1.29, 1.82) is 0 Å². The maximum atomic E-state index is 6.05. The summed E-state index contributed by atoms with van der Waals surface area (Å²) in [5.41, 5.74) is 8.59. The Hall–Kier alpha value is -1.51. The normalized spacial score (nSPS) is 23.3. The highest BCUT2D eigenvalue weighted by atomic mass is 15.4. The van der Waals surface area contributed by atoms with Crippen molar-refractivity contribution in [3.8, 4) is 0 Å². The van der Waals surface area contributed by atoms with E-state index in [4.69, 9.17) is 5.73 Å². The molecular weight excluding hydrogens is 234 g/mol. The second-order valence-electron chi connectivity index (χ2n) is 6.19. The van der Waals surface area contributed by atoms with Gasteiger partial charge in [0.15, 0.2) is 5.96 Å². The minimum absolute atomic E-state index is 0.117. The second kappa shape index (κ2) is 4.87. The lowest BCUT2D eigenvalue weighted by atomic mass is 9.88. The summed E-state index contributed by atoms with van der Waals surface area (Å²) >= 11 is 0. The summed E-state index contributed by atoms with van der Waals surface area (Å²) in [6, 6.07) is 9.23. The highest BCUT2D eigenvalue weighted by molar-refractivity contribution is 5.81. The minimum Gasteiger partial charge on any atom is -0.370 e. The van der Waals surface area contributed by atoms with Crippen LogP contribution in [0.2, 0.25) is 0 Å². The minimum atomic E-state index is -0.117. The van der Waals surface area contributed by atoms with Gasteiger partial charge in [0.2, 0.25) is 0 Å². The van der Waals surface area contributed by atoms with Crippen LogP contribution in [0.15, 0.2) is 29.3 Å². The predicted octanol–water partition coefficient (Wildman–Crippen LogP) is 3.06. The third-order valence-corrected chi connectivity index (χ3v) is 4.04. The lowest BCUT2D eigenvalue weighted by Gasteiger charge is -2.39. The fourth-order valence-corrected chi connectivity index (χ4v) is 2.93. The number of rotatable bonds is 3. The van der Waals surface area contributed by atoms with Crippen LogP contribution in [-0.4, -0.2) is 23.4 Å². The maximum absolute atomic E-state index is 6.05. The molecule has 0 aliphatic carbocycles. The van der Waals surface area contributed by atoms with E-state index >= 15 is 0 Å². The first-order valence-corrected chi connectivity index (χ1v) is 7.06. The Morgan fingerprint density at radius 3 is 2.21 bits per heavy atom. The molecule has 2 rings (SSSR count). The van der Waals surface area contributed by atoms with Crippen LogP contribution in [0.4, 0.5) is 0 Å².